The molecule has 0 saturated heterocycles. The lowest BCUT2D eigenvalue weighted by Gasteiger charge is -2.28. The summed E-state index contributed by atoms with van der Waals surface area (Å²) in [7, 11) is 4.53. The zero-order valence-electron chi connectivity index (χ0n) is 10.4. The van der Waals surface area contributed by atoms with Crippen molar-refractivity contribution in [3.63, 3.8) is 0 Å². The second-order valence-corrected chi connectivity index (χ2v) is 4.53. The van der Waals surface area contributed by atoms with Crippen molar-refractivity contribution < 1.29 is 14.2 Å². The third-order valence-corrected chi connectivity index (χ3v) is 3.38. The van der Waals surface area contributed by atoms with Crippen LogP contribution in [-0.2, 0) is 20.2 Å². The van der Waals surface area contributed by atoms with Crippen molar-refractivity contribution in [2.45, 2.75) is 5.97 Å². The first-order valence-corrected chi connectivity index (χ1v) is 6.17. The summed E-state index contributed by atoms with van der Waals surface area (Å²) in [6.45, 7) is 0. The highest BCUT2D eigenvalue weighted by Gasteiger charge is 2.36. The third-order valence-electron chi connectivity index (χ3n) is 2.77. The number of nitrogens with zero attached hydrogens (tertiary/aromatic N) is 1. The predicted molar refractivity (Wildman–Crippen MR) is 72.1 cm³/mol. The molecule has 0 amide bonds. The van der Waals surface area contributed by atoms with Crippen LogP contribution >= 0.6 is 15.9 Å². The van der Waals surface area contributed by atoms with Crippen molar-refractivity contribution in [2.24, 2.45) is 0 Å². The average molecular weight is 312 g/mol. The highest BCUT2D eigenvalue weighted by molar-refractivity contribution is 9.10. The fraction of sp³-hybridized carbons (Fsp3) is 0.308. The zero-order valence-corrected chi connectivity index (χ0v) is 12.0. The molecule has 0 bridgehead atoms. The molecule has 4 nitrogen and oxygen atoms in total. The van der Waals surface area contributed by atoms with E-state index in [9.17, 15) is 0 Å². The Morgan fingerprint density at radius 1 is 1.06 bits per heavy atom. The van der Waals surface area contributed by atoms with Crippen LogP contribution < -0.4 is 0 Å². The van der Waals surface area contributed by atoms with Gasteiger partial charge in [0.05, 0.1) is 5.52 Å². The van der Waals surface area contributed by atoms with Gasteiger partial charge in [0.25, 0.3) is 0 Å². The monoisotopic (exact) mass is 311 g/mol. The molecule has 0 aliphatic carbocycles. The number of para-hydroxylation sites is 1. The second-order valence-electron chi connectivity index (χ2n) is 3.68. The predicted octanol–water partition coefficient (Wildman–Crippen LogP) is 3.05. The molecule has 2 rings (SSSR count). The maximum Gasteiger partial charge on any atom is 0.330 e. The van der Waals surface area contributed by atoms with Gasteiger partial charge in [0.2, 0.25) is 0 Å². The maximum absolute atomic E-state index is 5.32. The topological polar surface area (TPSA) is 40.6 Å². The lowest BCUT2D eigenvalue weighted by atomic mass is 10.2. The molecule has 1 heterocycles. The van der Waals surface area contributed by atoms with Gasteiger partial charge in [-0.1, -0.05) is 18.2 Å². The number of ether oxygens (including phenoxy) is 3. The summed E-state index contributed by atoms with van der Waals surface area (Å²) in [6.07, 6.45) is 0. The molecule has 2 aromatic rings. The zero-order chi connectivity index (χ0) is 13.2. The van der Waals surface area contributed by atoms with E-state index in [4.69, 9.17) is 14.2 Å². The van der Waals surface area contributed by atoms with Crippen LogP contribution in [0.15, 0.2) is 34.8 Å². The molecule has 5 heteroatoms. The largest absolute Gasteiger partial charge is 0.330 e. The first-order chi connectivity index (χ1) is 8.66. The summed E-state index contributed by atoms with van der Waals surface area (Å²) in [5.41, 5.74) is 1.40. The molecule has 0 aliphatic rings. The van der Waals surface area contributed by atoms with Crippen molar-refractivity contribution >= 4 is 26.8 Å². The molecule has 0 atom stereocenters. The van der Waals surface area contributed by atoms with Crippen LogP contribution in [0.3, 0.4) is 0 Å². The van der Waals surface area contributed by atoms with Crippen molar-refractivity contribution in [2.75, 3.05) is 21.3 Å². The third kappa shape index (κ3) is 2.14. The summed E-state index contributed by atoms with van der Waals surface area (Å²) in [6, 6.07) is 9.78. The van der Waals surface area contributed by atoms with Gasteiger partial charge in [0.15, 0.2) is 0 Å². The summed E-state index contributed by atoms with van der Waals surface area (Å²) in [5, 5.41) is 1.03. The number of halogens is 1. The molecule has 0 N–H and O–H groups in total. The van der Waals surface area contributed by atoms with E-state index in [0.29, 0.717) is 5.69 Å². The van der Waals surface area contributed by atoms with E-state index in [0.717, 1.165) is 15.4 Å². The Labute approximate surface area is 114 Å². The normalized spacial score (nSPS) is 12.0. The van der Waals surface area contributed by atoms with Gasteiger partial charge in [0.1, 0.15) is 5.69 Å². The van der Waals surface area contributed by atoms with Crippen LogP contribution in [0.4, 0.5) is 0 Å². The summed E-state index contributed by atoms with van der Waals surface area (Å²) in [4.78, 5) is 4.54. The number of benzene rings is 1. The molecule has 0 aliphatic heterocycles. The van der Waals surface area contributed by atoms with Gasteiger partial charge in [-0.15, -0.1) is 0 Å². The van der Waals surface area contributed by atoms with Gasteiger partial charge in [-0.05, 0) is 28.1 Å². The molecular weight excluding hydrogens is 298 g/mol. The van der Waals surface area contributed by atoms with Crippen LogP contribution in [0.25, 0.3) is 10.9 Å². The van der Waals surface area contributed by atoms with E-state index in [-0.39, 0.29) is 0 Å². The van der Waals surface area contributed by atoms with Crippen molar-refractivity contribution in [3.05, 3.63) is 40.5 Å². The Morgan fingerprint density at radius 2 is 1.67 bits per heavy atom. The van der Waals surface area contributed by atoms with Crippen LogP contribution in [0.5, 0.6) is 0 Å². The highest BCUT2D eigenvalue weighted by atomic mass is 79.9. The minimum absolute atomic E-state index is 0.550. The standard InChI is InChI=1S/C13H14BrNO3/c1-16-13(17-2,18-3)12-10(14)8-9-6-4-5-7-11(9)15-12/h4-8H,1-3H3. The first-order valence-electron chi connectivity index (χ1n) is 5.38. The Hall–Kier alpha value is -1.01. The number of pyridine rings is 1. The summed E-state index contributed by atoms with van der Waals surface area (Å²) >= 11 is 3.47. The Morgan fingerprint density at radius 3 is 2.28 bits per heavy atom. The number of hydrogen-bond acceptors (Lipinski definition) is 4. The molecule has 0 unspecified atom stereocenters. The van der Waals surface area contributed by atoms with Gasteiger partial charge >= 0.3 is 5.97 Å². The van der Waals surface area contributed by atoms with Crippen LogP contribution in [0, 0.1) is 0 Å². The van der Waals surface area contributed by atoms with Crippen LogP contribution in [0.2, 0.25) is 0 Å². The molecule has 0 fully saturated rings. The maximum atomic E-state index is 5.32. The highest BCUT2D eigenvalue weighted by Crippen LogP contribution is 2.33. The number of aromatic nitrogens is 1. The van der Waals surface area contributed by atoms with E-state index in [1.807, 2.05) is 30.3 Å². The average Bonchev–Trinajstić information content (AvgIpc) is 2.41. The Bertz CT molecular complexity index is 547. The Balaban J connectivity index is 2.66. The van der Waals surface area contributed by atoms with E-state index < -0.39 is 5.97 Å². The summed E-state index contributed by atoms with van der Waals surface area (Å²) in [5.74, 6) is -1.30. The number of hydrogen-bond donors (Lipinski definition) is 0. The van der Waals surface area contributed by atoms with Gasteiger partial charge in [-0.25, -0.2) is 4.98 Å². The number of rotatable bonds is 4. The van der Waals surface area contributed by atoms with E-state index in [1.165, 1.54) is 21.3 Å². The summed E-state index contributed by atoms with van der Waals surface area (Å²) < 4.78 is 16.7. The molecular formula is C13H14BrNO3. The van der Waals surface area contributed by atoms with Crippen molar-refractivity contribution in [1.82, 2.24) is 4.98 Å². The van der Waals surface area contributed by atoms with Gasteiger partial charge in [-0.2, -0.15) is 0 Å². The molecule has 18 heavy (non-hydrogen) atoms. The lowest BCUT2D eigenvalue weighted by molar-refractivity contribution is -0.367. The SMILES string of the molecule is COC(OC)(OC)c1nc2ccccc2cc1Br. The van der Waals surface area contributed by atoms with Gasteiger partial charge in [0, 0.05) is 31.2 Å². The van der Waals surface area contributed by atoms with Crippen LogP contribution in [0.1, 0.15) is 5.69 Å². The molecule has 0 radical (unpaired) electrons. The number of fused-ring (bicyclic) bond motifs is 1. The smallest absolute Gasteiger partial charge is 0.326 e. The van der Waals surface area contributed by atoms with E-state index in [1.54, 1.807) is 0 Å². The van der Waals surface area contributed by atoms with Crippen molar-refractivity contribution in [3.8, 4) is 0 Å². The van der Waals surface area contributed by atoms with Gasteiger partial charge in [-0.3, -0.25) is 0 Å². The fourth-order valence-corrected chi connectivity index (χ4v) is 2.42. The minimum atomic E-state index is -1.30. The second kappa shape index (κ2) is 5.32. The van der Waals surface area contributed by atoms with Gasteiger partial charge < -0.3 is 14.2 Å². The van der Waals surface area contributed by atoms with E-state index >= 15 is 0 Å². The first kappa shape index (κ1) is 13.4. The Kier molecular flexibility index (Phi) is 3.97. The molecule has 0 spiro atoms. The fourth-order valence-electron chi connectivity index (χ4n) is 1.84. The molecule has 96 valence electrons. The van der Waals surface area contributed by atoms with Crippen LogP contribution in [-0.4, -0.2) is 26.3 Å². The molecule has 1 aromatic carbocycles. The number of methoxy groups -OCH3 is 3. The lowest BCUT2D eigenvalue weighted by Crippen LogP contribution is -2.34. The molecule has 1 aromatic heterocycles. The van der Waals surface area contributed by atoms with E-state index in [2.05, 4.69) is 20.9 Å². The molecule has 0 saturated carbocycles. The quantitative estimate of drug-likeness (QED) is 0.814. The minimum Gasteiger partial charge on any atom is -0.326 e. The van der Waals surface area contributed by atoms with Crippen molar-refractivity contribution in [1.29, 1.82) is 0 Å².